The molecule has 11 heavy (non-hydrogen) atoms. The number of nitrogens with one attached hydrogen (secondary N) is 1. The molecule has 0 saturated heterocycles. The van der Waals surface area contributed by atoms with Crippen molar-refractivity contribution in [1.82, 2.24) is 15.3 Å². The maximum absolute atomic E-state index is 8.53. The second-order valence-corrected chi connectivity index (χ2v) is 2.17. The zero-order valence-corrected chi connectivity index (χ0v) is 6.06. The summed E-state index contributed by atoms with van der Waals surface area (Å²) in [7, 11) is 0. The Morgan fingerprint density at radius 1 is 1.64 bits per heavy atom. The van der Waals surface area contributed by atoms with Gasteiger partial charge in [0.2, 0.25) is 0 Å². The van der Waals surface area contributed by atoms with E-state index in [2.05, 4.69) is 5.10 Å². The molecule has 0 aromatic carbocycles. The minimum Gasteiger partial charge on any atom is -0.394 e. The molecule has 0 fully saturated rings. The van der Waals surface area contributed by atoms with E-state index in [1.54, 1.807) is 17.1 Å². The van der Waals surface area contributed by atoms with E-state index in [0.717, 1.165) is 5.56 Å². The van der Waals surface area contributed by atoms with Crippen molar-refractivity contribution < 1.29 is 10.3 Å². The fourth-order valence-electron chi connectivity index (χ4n) is 0.814. The first-order chi connectivity index (χ1) is 5.36. The Labute approximate surface area is 64.2 Å². The number of aromatic nitrogens is 2. The fraction of sp³-hybridized carbons (Fsp3) is 0.500. The van der Waals surface area contributed by atoms with Gasteiger partial charge >= 0.3 is 0 Å². The third kappa shape index (κ3) is 2.30. The highest BCUT2D eigenvalue weighted by Crippen LogP contribution is 1.95. The molecule has 3 N–H and O–H groups in total. The summed E-state index contributed by atoms with van der Waals surface area (Å²) in [6, 6.07) is 0. The molecule has 0 aliphatic rings. The van der Waals surface area contributed by atoms with Gasteiger partial charge in [0.1, 0.15) is 0 Å². The molecular formula is C6H11N3O2. The molecule has 0 aliphatic carbocycles. The molecule has 5 heteroatoms. The van der Waals surface area contributed by atoms with Crippen LogP contribution in [0.25, 0.3) is 0 Å². The fourth-order valence-corrected chi connectivity index (χ4v) is 0.814. The first-order valence-corrected chi connectivity index (χ1v) is 3.36. The molecule has 0 radical (unpaired) electrons. The van der Waals surface area contributed by atoms with Crippen LogP contribution in [0.2, 0.25) is 0 Å². The Morgan fingerprint density at radius 2 is 2.45 bits per heavy atom. The van der Waals surface area contributed by atoms with Crippen molar-refractivity contribution in [2.24, 2.45) is 0 Å². The van der Waals surface area contributed by atoms with Gasteiger partial charge in [0.15, 0.2) is 0 Å². The van der Waals surface area contributed by atoms with Gasteiger partial charge in [-0.05, 0) is 0 Å². The molecule has 0 saturated carbocycles. The number of aliphatic hydroxyl groups excluding tert-OH is 1. The van der Waals surface area contributed by atoms with Gasteiger partial charge in [-0.1, -0.05) is 0 Å². The van der Waals surface area contributed by atoms with Gasteiger partial charge in [-0.25, -0.2) is 5.48 Å². The third-order valence-electron chi connectivity index (χ3n) is 1.30. The Bertz CT molecular complexity index is 191. The van der Waals surface area contributed by atoms with Crippen LogP contribution in [0.15, 0.2) is 12.4 Å². The second-order valence-electron chi connectivity index (χ2n) is 2.17. The summed E-state index contributed by atoms with van der Waals surface area (Å²) in [5.41, 5.74) is 2.91. The van der Waals surface area contributed by atoms with Crippen LogP contribution < -0.4 is 5.48 Å². The van der Waals surface area contributed by atoms with E-state index >= 15 is 0 Å². The Kier molecular flexibility index (Phi) is 3.03. The lowest BCUT2D eigenvalue weighted by molar-refractivity contribution is 0.161. The summed E-state index contributed by atoms with van der Waals surface area (Å²) in [5, 5.41) is 20.8. The molecule has 0 spiro atoms. The SMILES string of the molecule is OCCn1cc(CNO)cn1. The van der Waals surface area contributed by atoms with E-state index in [1.165, 1.54) is 0 Å². The maximum atomic E-state index is 8.53. The van der Waals surface area contributed by atoms with Crippen LogP contribution in [0.5, 0.6) is 0 Å². The molecule has 0 unspecified atom stereocenters. The Hall–Kier alpha value is -0.910. The summed E-state index contributed by atoms with van der Waals surface area (Å²) >= 11 is 0. The van der Waals surface area contributed by atoms with Gasteiger partial charge in [-0.3, -0.25) is 4.68 Å². The van der Waals surface area contributed by atoms with Crippen LogP contribution in [0.4, 0.5) is 0 Å². The molecule has 1 rings (SSSR count). The van der Waals surface area contributed by atoms with Crippen LogP contribution in [0.3, 0.4) is 0 Å². The van der Waals surface area contributed by atoms with Crippen LogP contribution in [0, 0.1) is 0 Å². The van der Waals surface area contributed by atoms with Gasteiger partial charge in [-0.15, -0.1) is 0 Å². The van der Waals surface area contributed by atoms with Crippen LogP contribution >= 0.6 is 0 Å². The van der Waals surface area contributed by atoms with Gasteiger partial charge in [-0.2, -0.15) is 5.10 Å². The molecule has 0 bridgehead atoms. The number of hydrogen-bond donors (Lipinski definition) is 3. The standard InChI is InChI=1S/C6H11N3O2/c10-2-1-9-5-6(3-7-9)4-8-11/h3,5,8,10-11H,1-2,4H2. The van der Waals surface area contributed by atoms with Crippen LogP contribution in [-0.4, -0.2) is 26.7 Å². The van der Waals surface area contributed by atoms with Crippen molar-refractivity contribution in [3.8, 4) is 0 Å². The molecule has 0 amide bonds. The normalized spacial score (nSPS) is 10.4. The molecule has 0 aliphatic heterocycles. The van der Waals surface area contributed by atoms with E-state index in [9.17, 15) is 0 Å². The highest BCUT2D eigenvalue weighted by Gasteiger charge is 1.95. The van der Waals surface area contributed by atoms with Crippen molar-refractivity contribution in [1.29, 1.82) is 0 Å². The summed E-state index contributed by atoms with van der Waals surface area (Å²) in [6.07, 6.45) is 3.40. The minimum atomic E-state index is 0.0771. The number of hydroxylamine groups is 1. The molecule has 1 aromatic rings. The van der Waals surface area contributed by atoms with Crippen molar-refractivity contribution in [2.75, 3.05) is 6.61 Å². The van der Waals surface area contributed by atoms with Crippen LogP contribution in [-0.2, 0) is 13.1 Å². The highest BCUT2D eigenvalue weighted by atomic mass is 16.5. The van der Waals surface area contributed by atoms with Crippen molar-refractivity contribution >= 4 is 0 Å². The van der Waals surface area contributed by atoms with Crippen molar-refractivity contribution in [3.05, 3.63) is 18.0 Å². The minimum absolute atomic E-state index is 0.0771. The predicted octanol–water partition coefficient (Wildman–Crippen LogP) is -0.646. The number of hydrogen-bond acceptors (Lipinski definition) is 4. The van der Waals surface area contributed by atoms with Gasteiger partial charge in [0, 0.05) is 18.3 Å². The van der Waals surface area contributed by atoms with E-state index in [0.29, 0.717) is 13.1 Å². The van der Waals surface area contributed by atoms with Gasteiger partial charge in [0.25, 0.3) is 0 Å². The van der Waals surface area contributed by atoms with E-state index in [-0.39, 0.29) is 6.61 Å². The monoisotopic (exact) mass is 157 g/mol. The smallest absolute Gasteiger partial charge is 0.0640 e. The van der Waals surface area contributed by atoms with Crippen molar-refractivity contribution in [2.45, 2.75) is 13.1 Å². The first-order valence-electron chi connectivity index (χ1n) is 3.36. The number of rotatable bonds is 4. The molecule has 1 heterocycles. The van der Waals surface area contributed by atoms with E-state index < -0.39 is 0 Å². The van der Waals surface area contributed by atoms with Crippen LogP contribution in [0.1, 0.15) is 5.56 Å². The summed E-state index contributed by atoms with van der Waals surface area (Å²) in [4.78, 5) is 0. The Balaban J connectivity index is 2.51. The highest BCUT2D eigenvalue weighted by molar-refractivity contribution is 5.02. The zero-order chi connectivity index (χ0) is 8.10. The molecule has 5 nitrogen and oxygen atoms in total. The van der Waals surface area contributed by atoms with Crippen molar-refractivity contribution in [3.63, 3.8) is 0 Å². The second kappa shape index (κ2) is 4.07. The average Bonchev–Trinajstić information content (AvgIpc) is 2.38. The first kappa shape index (κ1) is 8.19. The number of nitrogens with zero attached hydrogens (tertiary/aromatic N) is 2. The lowest BCUT2D eigenvalue weighted by Gasteiger charge is -1.94. The third-order valence-corrected chi connectivity index (χ3v) is 1.30. The molecule has 0 atom stereocenters. The Morgan fingerprint density at radius 3 is 3.09 bits per heavy atom. The molecule has 62 valence electrons. The predicted molar refractivity (Wildman–Crippen MR) is 37.9 cm³/mol. The topological polar surface area (TPSA) is 70.3 Å². The quantitative estimate of drug-likeness (QED) is 0.508. The summed E-state index contributed by atoms with van der Waals surface area (Å²) in [5.74, 6) is 0. The lowest BCUT2D eigenvalue weighted by Crippen LogP contribution is -2.05. The lowest BCUT2D eigenvalue weighted by atomic mass is 10.4. The molecular weight excluding hydrogens is 146 g/mol. The summed E-state index contributed by atoms with van der Waals surface area (Å²) < 4.78 is 1.62. The van der Waals surface area contributed by atoms with E-state index in [1.807, 2.05) is 5.48 Å². The zero-order valence-electron chi connectivity index (χ0n) is 6.06. The van der Waals surface area contributed by atoms with E-state index in [4.69, 9.17) is 10.3 Å². The van der Waals surface area contributed by atoms with Gasteiger partial charge in [0.05, 0.1) is 19.3 Å². The largest absolute Gasteiger partial charge is 0.394 e. The average molecular weight is 157 g/mol. The number of aliphatic hydroxyl groups is 1. The van der Waals surface area contributed by atoms with Gasteiger partial charge < -0.3 is 10.3 Å². The maximum Gasteiger partial charge on any atom is 0.0640 e. The summed E-state index contributed by atoms with van der Waals surface area (Å²) in [6.45, 7) is 0.949. The molecule has 1 aromatic heterocycles.